The van der Waals surface area contributed by atoms with Gasteiger partial charge >= 0.3 is 5.97 Å². The Morgan fingerprint density at radius 2 is 0.885 bits per heavy atom. The number of carbonyl (C=O) groups excluding carboxylic acids is 2. The van der Waals surface area contributed by atoms with Crippen LogP contribution in [0.5, 0.6) is 0 Å². The highest BCUT2D eigenvalue weighted by molar-refractivity contribution is 5.77. The van der Waals surface area contributed by atoms with E-state index in [4.69, 9.17) is 4.74 Å². The van der Waals surface area contributed by atoms with Gasteiger partial charge in [0.1, 0.15) is 6.10 Å². The summed E-state index contributed by atoms with van der Waals surface area (Å²) in [5, 5.41) is 23.8. The van der Waals surface area contributed by atoms with E-state index in [1.165, 1.54) is 148 Å². The molecule has 0 saturated heterocycles. The number of aliphatic hydroxyl groups excluding tert-OH is 2. The van der Waals surface area contributed by atoms with Gasteiger partial charge in [0.15, 0.2) is 0 Å². The maximum atomic E-state index is 13.2. The molecule has 0 radical (unpaired) electrons. The number of allylic oxidation sites excluding steroid dienone is 6. The molecule has 0 aliphatic carbocycles. The predicted molar refractivity (Wildman–Crippen MR) is 264 cm³/mol. The largest absolute Gasteiger partial charge is 0.462 e. The Morgan fingerprint density at radius 1 is 0.492 bits per heavy atom. The van der Waals surface area contributed by atoms with Crippen molar-refractivity contribution in [3.8, 4) is 0 Å². The van der Waals surface area contributed by atoms with E-state index in [1.807, 2.05) is 0 Å². The van der Waals surface area contributed by atoms with Crippen LogP contribution < -0.4 is 5.32 Å². The minimum Gasteiger partial charge on any atom is -0.462 e. The van der Waals surface area contributed by atoms with E-state index in [-0.39, 0.29) is 24.9 Å². The maximum absolute atomic E-state index is 13.2. The summed E-state index contributed by atoms with van der Waals surface area (Å²) in [6.45, 7) is 6.38. The van der Waals surface area contributed by atoms with Gasteiger partial charge in [0.05, 0.1) is 25.2 Å². The van der Waals surface area contributed by atoms with E-state index >= 15 is 0 Å². The Labute approximate surface area is 379 Å². The van der Waals surface area contributed by atoms with Crippen LogP contribution in [0.1, 0.15) is 278 Å². The molecule has 0 aliphatic rings. The summed E-state index contributed by atoms with van der Waals surface area (Å²) in [5.74, 6) is -0.489. The fourth-order valence-electron chi connectivity index (χ4n) is 8.17. The summed E-state index contributed by atoms with van der Waals surface area (Å²) in [5.41, 5.74) is 0. The van der Waals surface area contributed by atoms with Gasteiger partial charge < -0.3 is 20.3 Å². The summed E-state index contributed by atoms with van der Waals surface area (Å²) in [7, 11) is 0. The Hall–Kier alpha value is -1.92. The molecule has 0 heterocycles. The number of carbonyl (C=O) groups is 2. The molecule has 3 atom stereocenters. The Bertz CT molecular complexity index is 1010. The third kappa shape index (κ3) is 44.5. The number of hydrogen-bond donors (Lipinski definition) is 3. The normalized spacial score (nSPS) is 13.5. The van der Waals surface area contributed by atoms with Gasteiger partial charge in [-0.1, -0.05) is 224 Å². The number of amides is 1. The standard InChI is InChI=1S/C55H103NO5/c1-4-7-10-13-16-19-22-25-26-27-28-29-30-33-36-39-42-45-48-55(60)61-51(46-43-40-37-34-31-23-20-17-14-11-8-5-2)49-54(59)56-52(50-57)53(58)47-44-41-38-35-32-24-21-18-15-12-9-6-3/h8,11,17,20,28-29,51-53,57-58H,4-7,9-10,12-16,18-19,21-27,30-50H2,1-3H3,(H,56,59)/b11-8+,20-17+,29-28+. The van der Waals surface area contributed by atoms with Gasteiger partial charge in [-0.15, -0.1) is 0 Å². The molecule has 0 aromatic heterocycles. The van der Waals surface area contributed by atoms with Crippen molar-refractivity contribution in [3.63, 3.8) is 0 Å². The van der Waals surface area contributed by atoms with Crippen molar-refractivity contribution in [2.24, 2.45) is 0 Å². The highest BCUT2D eigenvalue weighted by Crippen LogP contribution is 2.18. The highest BCUT2D eigenvalue weighted by Gasteiger charge is 2.24. The Kier molecular flexibility index (Phi) is 47.6. The molecule has 61 heavy (non-hydrogen) atoms. The van der Waals surface area contributed by atoms with Crippen molar-refractivity contribution in [1.82, 2.24) is 5.32 Å². The van der Waals surface area contributed by atoms with Crippen LogP contribution in [0.3, 0.4) is 0 Å². The first-order valence-electron chi connectivity index (χ1n) is 26.7. The van der Waals surface area contributed by atoms with Gasteiger partial charge in [0, 0.05) is 6.42 Å². The van der Waals surface area contributed by atoms with Crippen molar-refractivity contribution in [3.05, 3.63) is 36.5 Å². The summed E-state index contributed by atoms with van der Waals surface area (Å²) < 4.78 is 5.93. The van der Waals surface area contributed by atoms with Gasteiger partial charge in [-0.3, -0.25) is 9.59 Å². The molecule has 0 fully saturated rings. The molecule has 0 aromatic rings. The molecule has 0 aliphatic heterocycles. The molecule has 0 aromatic carbocycles. The zero-order valence-electron chi connectivity index (χ0n) is 40.8. The van der Waals surface area contributed by atoms with Gasteiger partial charge in [0.25, 0.3) is 0 Å². The molecule has 0 bridgehead atoms. The molecule has 0 rings (SSSR count). The van der Waals surface area contributed by atoms with Crippen LogP contribution in [0.25, 0.3) is 0 Å². The molecular weight excluding hydrogens is 755 g/mol. The predicted octanol–water partition coefficient (Wildman–Crippen LogP) is 16.1. The topological polar surface area (TPSA) is 95.9 Å². The van der Waals surface area contributed by atoms with Crippen molar-refractivity contribution in [2.75, 3.05) is 6.61 Å². The quantitative estimate of drug-likeness (QED) is 0.0322. The zero-order chi connectivity index (χ0) is 44.5. The third-order valence-electron chi connectivity index (χ3n) is 12.2. The Morgan fingerprint density at radius 3 is 1.34 bits per heavy atom. The summed E-state index contributed by atoms with van der Waals surface area (Å²) in [6, 6.07) is -0.705. The number of nitrogens with one attached hydrogen (secondary N) is 1. The minimum atomic E-state index is -0.790. The van der Waals surface area contributed by atoms with Crippen molar-refractivity contribution in [2.45, 2.75) is 296 Å². The highest BCUT2D eigenvalue weighted by atomic mass is 16.5. The van der Waals surface area contributed by atoms with E-state index < -0.39 is 18.2 Å². The Balaban J connectivity index is 4.52. The lowest BCUT2D eigenvalue weighted by Gasteiger charge is -2.24. The summed E-state index contributed by atoms with van der Waals surface area (Å²) in [4.78, 5) is 26.1. The molecule has 6 heteroatoms. The number of ether oxygens (including phenoxy) is 1. The van der Waals surface area contributed by atoms with E-state index in [9.17, 15) is 19.8 Å². The monoisotopic (exact) mass is 858 g/mol. The molecule has 6 nitrogen and oxygen atoms in total. The number of aliphatic hydroxyl groups is 2. The van der Waals surface area contributed by atoms with Crippen LogP contribution in [-0.2, 0) is 14.3 Å². The SMILES string of the molecule is CC/C=C/C/C=C/CCCCCCCC(CC(=O)NC(CO)C(O)CCCCCCCCCCCCCC)OC(=O)CCCCCCC/C=C/CCCCCCCCCCC. The minimum absolute atomic E-state index is 0.0669. The second-order valence-electron chi connectivity index (χ2n) is 18.2. The van der Waals surface area contributed by atoms with Crippen LogP contribution in [-0.4, -0.2) is 46.9 Å². The van der Waals surface area contributed by atoms with Crippen LogP contribution in [0.2, 0.25) is 0 Å². The number of rotatable bonds is 48. The summed E-state index contributed by atoms with van der Waals surface area (Å²) in [6.07, 6.45) is 57.8. The van der Waals surface area contributed by atoms with Crippen LogP contribution in [0.4, 0.5) is 0 Å². The first kappa shape index (κ1) is 59.1. The van der Waals surface area contributed by atoms with Crippen LogP contribution >= 0.6 is 0 Å². The third-order valence-corrected chi connectivity index (χ3v) is 12.2. The molecule has 1 amide bonds. The molecule has 0 saturated carbocycles. The van der Waals surface area contributed by atoms with Crippen molar-refractivity contribution >= 4 is 11.9 Å². The van der Waals surface area contributed by atoms with Gasteiger partial charge in [-0.25, -0.2) is 0 Å². The summed E-state index contributed by atoms with van der Waals surface area (Å²) >= 11 is 0. The number of unbranched alkanes of at least 4 members (excludes halogenated alkanes) is 30. The van der Waals surface area contributed by atoms with Crippen LogP contribution in [0.15, 0.2) is 36.5 Å². The van der Waals surface area contributed by atoms with E-state index in [0.29, 0.717) is 19.3 Å². The molecular formula is C55H103NO5. The first-order chi connectivity index (χ1) is 30.0. The fourth-order valence-corrected chi connectivity index (χ4v) is 8.17. The van der Waals surface area contributed by atoms with Crippen molar-refractivity contribution in [1.29, 1.82) is 0 Å². The first-order valence-corrected chi connectivity index (χ1v) is 26.7. The molecule has 3 N–H and O–H groups in total. The van der Waals surface area contributed by atoms with Gasteiger partial charge in [-0.05, 0) is 77.0 Å². The lowest BCUT2D eigenvalue weighted by atomic mass is 10.0. The van der Waals surface area contributed by atoms with E-state index in [1.54, 1.807) is 0 Å². The fraction of sp³-hybridized carbons (Fsp3) is 0.855. The van der Waals surface area contributed by atoms with E-state index in [2.05, 4.69) is 62.5 Å². The molecule has 0 spiro atoms. The zero-order valence-corrected chi connectivity index (χ0v) is 40.8. The van der Waals surface area contributed by atoms with Crippen LogP contribution in [0, 0.1) is 0 Å². The maximum Gasteiger partial charge on any atom is 0.306 e. The lowest BCUT2D eigenvalue weighted by molar-refractivity contribution is -0.151. The van der Waals surface area contributed by atoms with Gasteiger partial charge in [-0.2, -0.15) is 0 Å². The second-order valence-corrected chi connectivity index (χ2v) is 18.2. The average molecular weight is 858 g/mol. The molecule has 358 valence electrons. The average Bonchev–Trinajstić information content (AvgIpc) is 3.25. The molecule has 3 unspecified atom stereocenters. The van der Waals surface area contributed by atoms with Crippen molar-refractivity contribution < 1.29 is 24.5 Å². The second kappa shape index (κ2) is 49.1. The smallest absolute Gasteiger partial charge is 0.306 e. The van der Waals surface area contributed by atoms with E-state index in [0.717, 1.165) is 83.5 Å². The number of hydrogen-bond acceptors (Lipinski definition) is 5. The lowest BCUT2D eigenvalue weighted by Crippen LogP contribution is -2.46. The van der Waals surface area contributed by atoms with Gasteiger partial charge in [0.2, 0.25) is 5.91 Å². The number of esters is 1.